The van der Waals surface area contributed by atoms with E-state index in [2.05, 4.69) is 19.9 Å². The van der Waals surface area contributed by atoms with Gasteiger partial charge in [-0.15, -0.1) is 0 Å². The third-order valence-corrected chi connectivity index (χ3v) is 3.93. The second-order valence-corrected chi connectivity index (χ2v) is 5.38. The number of nitrogens with one attached hydrogen (secondary N) is 2. The molecule has 0 aliphatic rings. The number of halogens is 1. The second kappa shape index (κ2) is 4.37. The van der Waals surface area contributed by atoms with Crippen molar-refractivity contribution < 1.29 is 12.8 Å². The summed E-state index contributed by atoms with van der Waals surface area (Å²) in [5.41, 5.74) is 0.837. The number of anilines is 1. The summed E-state index contributed by atoms with van der Waals surface area (Å²) in [6.07, 6.45) is 2.22. The van der Waals surface area contributed by atoms with Crippen LogP contribution < -0.4 is 4.72 Å². The van der Waals surface area contributed by atoms with Crippen molar-refractivity contribution in [2.45, 2.75) is 18.7 Å². The molecule has 8 heteroatoms. The van der Waals surface area contributed by atoms with Gasteiger partial charge in [0.15, 0.2) is 0 Å². The standard InChI is InChI=1S/C10H11FN4O2S/c1-6-10(7(2)14-13-6)18(16,17)15-9-3-8(11)4-12-5-9/h3-5,15H,1-2H3,(H,13,14). The van der Waals surface area contributed by atoms with Crippen LogP contribution in [0.1, 0.15) is 11.4 Å². The third kappa shape index (κ3) is 2.33. The Morgan fingerprint density at radius 1 is 1.33 bits per heavy atom. The highest BCUT2D eigenvalue weighted by atomic mass is 32.2. The van der Waals surface area contributed by atoms with E-state index in [1.807, 2.05) is 0 Å². The fraction of sp³-hybridized carbons (Fsp3) is 0.200. The molecule has 96 valence electrons. The van der Waals surface area contributed by atoms with Crippen molar-refractivity contribution in [1.29, 1.82) is 0 Å². The van der Waals surface area contributed by atoms with E-state index in [4.69, 9.17) is 0 Å². The van der Waals surface area contributed by atoms with Gasteiger partial charge in [-0.05, 0) is 13.8 Å². The maximum absolute atomic E-state index is 12.9. The Morgan fingerprint density at radius 2 is 2.06 bits per heavy atom. The molecule has 0 aromatic carbocycles. The van der Waals surface area contributed by atoms with E-state index in [1.165, 1.54) is 6.20 Å². The van der Waals surface area contributed by atoms with E-state index in [1.54, 1.807) is 13.8 Å². The summed E-state index contributed by atoms with van der Waals surface area (Å²) in [6.45, 7) is 3.17. The minimum Gasteiger partial charge on any atom is -0.281 e. The van der Waals surface area contributed by atoms with Crippen molar-refractivity contribution in [3.63, 3.8) is 0 Å². The van der Waals surface area contributed by atoms with Crippen LogP contribution in [0.3, 0.4) is 0 Å². The minimum absolute atomic E-state index is 0.0618. The molecular weight excluding hydrogens is 259 g/mol. The first-order chi connectivity index (χ1) is 8.40. The van der Waals surface area contributed by atoms with Crippen molar-refractivity contribution in [2.24, 2.45) is 0 Å². The zero-order valence-corrected chi connectivity index (χ0v) is 10.5. The van der Waals surface area contributed by atoms with Crippen molar-refractivity contribution in [1.82, 2.24) is 15.2 Å². The Bertz CT molecular complexity index is 661. The maximum atomic E-state index is 12.9. The Balaban J connectivity index is 2.39. The fourth-order valence-electron chi connectivity index (χ4n) is 1.61. The van der Waals surface area contributed by atoms with E-state index < -0.39 is 15.8 Å². The molecule has 0 saturated heterocycles. The third-order valence-electron chi connectivity index (χ3n) is 2.29. The first-order valence-corrected chi connectivity index (χ1v) is 6.53. The molecule has 18 heavy (non-hydrogen) atoms. The van der Waals surface area contributed by atoms with Crippen LogP contribution >= 0.6 is 0 Å². The van der Waals surface area contributed by atoms with E-state index in [9.17, 15) is 12.8 Å². The van der Waals surface area contributed by atoms with Gasteiger partial charge in [0.25, 0.3) is 10.0 Å². The van der Waals surface area contributed by atoms with Crippen LogP contribution in [-0.2, 0) is 10.0 Å². The normalized spacial score (nSPS) is 11.5. The molecule has 2 aromatic heterocycles. The molecule has 6 nitrogen and oxygen atoms in total. The minimum atomic E-state index is -3.80. The Labute approximate surface area is 103 Å². The van der Waals surface area contributed by atoms with Gasteiger partial charge in [0.2, 0.25) is 0 Å². The predicted octanol–water partition coefficient (Wildman–Crippen LogP) is 1.36. The van der Waals surface area contributed by atoms with Gasteiger partial charge in [-0.2, -0.15) is 5.10 Å². The van der Waals surface area contributed by atoms with Crippen LogP contribution in [0.4, 0.5) is 10.1 Å². The number of rotatable bonds is 3. The van der Waals surface area contributed by atoms with Gasteiger partial charge in [-0.1, -0.05) is 0 Å². The number of hydrogen-bond donors (Lipinski definition) is 2. The monoisotopic (exact) mass is 270 g/mol. The summed E-state index contributed by atoms with van der Waals surface area (Å²) in [7, 11) is -3.80. The Hall–Kier alpha value is -1.96. The highest BCUT2D eigenvalue weighted by Crippen LogP contribution is 2.20. The molecular formula is C10H11FN4O2S. The van der Waals surface area contributed by atoms with E-state index in [0.717, 1.165) is 12.3 Å². The van der Waals surface area contributed by atoms with Gasteiger partial charge < -0.3 is 0 Å². The van der Waals surface area contributed by atoms with E-state index in [-0.39, 0.29) is 10.6 Å². The smallest absolute Gasteiger partial charge is 0.265 e. The summed E-state index contributed by atoms with van der Waals surface area (Å²) < 4.78 is 39.4. The molecule has 0 spiro atoms. The highest BCUT2D eigenvalue weighted by Gasteiger charge is 2.22. The number of aromatic nitrogens is 3. The van der Waals surface area contributed by atoms with Crippen LogP contribution in [0.5, 0.6) is 0 Å². The van der Waals surface area contributed by atoms with E-state index in [0.29, 0.717) is 11.4 Å². The van der Waals surface area contributed by atoms with E-state index >= 15 is 0 Å². The molecule has 0 radical (unpaired) electrons. The number of aromatic amines is 1. The van der Waals surface area contributed by atoms with Crippen molar-refractivity contribution in [3.8, 4) is 0 Å². The second-order valence-electron chi connectivity index (χ2n) is 3.76. The molecule has 0 bridgehead atoms. The van der Waals surface area contributed by atoms with Gasteiger partial charge in [0.1, 0.15) is 10.7 Å². The van der Waals surface area contributed by atoms with Crippen molar-refractivity contribution >= 4 is 15.7 Å². The Morgan fingerprint density at radius 3 is 2.61 bits per heavy atom. The lowest BCUT2D eigenvalue weighted by Gasteiger charge is -2.07. The van der Waals surface area contributed by atoms with Crippen molar-refractivity contribution in [3.05, 3.63) is 35.7 Å². The molecule has 0 amide bonds. The molecule has 0 aliphatic carbocycles. The zero-order chi connectivity index (χ0) is 13.3. The van der Waals surface area contributed by atoms with Crippen LogP contribution in [-0.4, -0.2) is 23.6 Å². The van der Waals surface area contributed by atoms with Gasteiger partial charge >= 0.3 is 0 Å². The lowest BCUT2D eigenvalue weighted by molar-refractivity contribution is 0.600. The van der Waals surface area contributed by atoms with Crippen LogP contribution in [0.2, 0.25) is 0 Å². The molecule has 2 heterocycles. The predicted molar refractivity (Wildman–Crippen MR) is 63.1 cm³/mol. The topological polar surface area (TPSA) is 87.7 Å². The average Bonchev–Trinajstić information content (AvgIpc) is 2.58. The molecule has 0 unspecified atom stereocenters. The van der Waals surface area contributed by atoms with Crippen LogP contribution in [0, 0.1) is 19.7 Å². The molecule has 2 aromatic rings. The first-order valence-electron chi connectivity index (χ1n) is 5.05. The maximum Gasteiger partial charge on any atom is 0.265 e. The summed E-state index contributed by atoms with van der Waals surface area (Å²) in [5, 5.41) is 6.39. The largest absolute Gasteiger partial charge is 0.281 e. The molecule has 0 atom stereocenters. The van der Waals surface area contributed by atoms with Gasteiger partial charge in [-0.25, -0.2) is 12.8 Å². The number of pyridine rings is 1. The number of nitrogens with zero attached hydrogens (tertiary/aromatic N) is 2. The summed E-state index contributed by atoms with van der Waals surface area (Å²) in [4.78, 5) is 3.63. The Kier molecular flexibility index (Phi) is 3.04. The number of H-pyrrole nitrogens is 1. The fourth-order valence-corrected chi connectivity index (χ4v) is 3.02. The highest BCUT2D eigenvalue weighted by molar-refractivity contribution is 7.92. The summed E-state index contributed by atoms with van der Waals surface area (Å²) in [6, 6.07) is 1.05. The molecule has 0 fully saturated rings. The summed E-state index contributed by atoms with van der Waals surface area (Å²) in [5.74, 6) is -0.615. The zero-order valence-electron chi connectivity index (χ0n) is 9.73. The number of sulfonamides is 1. The number of aryl methyl sites for hydroxylation is 2. The molecule has 0 aliphatic heterocycles. The number of hydrogen-bond acceptors (Lipinski definition) is 4. The quantitative estimate of drug-likeness (QED) is 0.881. The van der Waals surface area contributed by atoms with Gasteiger partial charge in [-0.3, -0.25) is 14.8 Å². The van der Waals surface area contributed by atoms with Gasteiger partial charge in [0.05, 0.1) is 29.5 Å². The molecule has 0 saturated carbocycles. The van der Waals surface area contributed by atoms with Crippen LogP contribution in [0.15, 0.2) is 23.4 Å². The molecule has 2 rings (SSSR count). The average molecular weight is 270 g/mol. The van der Waals surface area contributed by atoms with Crippen molar-refractivity contribution in [2.75, 3.05) is 4.72 Å². The van der Waals surface area contributed by atoms with Crippen LogP contribution in [0.25, 0.3) is 0 Å². The first kappa shape index (κ1) is 12.5. The SMILES string of the molecule is Cc1n[nH]c(C)c1S(=O)(=O)Nc1cncc(F)c1. The van der Waals surface area contributed by atoms with Gasteiger partial charge in [0, 0.05) is 6.07 Å². The summed E-state index contributed by atoms with van der Waals surface area (Å²) >= 11 is 0. The molecule has 2 N–H and O–H groups in total. The lowest BCUT2D eigenvalue weighted by Crippen LogP contribution is -2.14. The lowest BCUT2D eigenvalue weighted by atomic mass is 10.4.